The van der Waals surface area contributed by atoms with Gasteiger partial charge in [-0.3, -0.25) is 9.59 Å². The molecule has 0 saturated heterocycles. The number of hydrogen-bond donors (Lipinski definition) is 1. The van der Waals surface area contributed by atoms with Crippen molar-refractivity contribution in [2.75, 3.05) is 18.6 Å². The molecular formula is C18H26N2O3. The number of hydrogen-bond acceptors (Lipinski definition) is 3. The van der Waals surface area contributed by atoms with Crippen LogP contribution in [0.15, 0.2) is 24.3 Å². The average molecular weight is 318 g/mol. The summed E-state index contributed by atoms with van der Waals surface area (Å²) in [6, 6.07) is 7.63. The molecule has 1 aliphatic rings. The molecule has 1 aromatic rings. The Balaban J connectivity index is 1.91. The van der Waals surface area contributed by atoms with Crippen LogP contribution >= 0.6 is 0 Å². The lowest BCUT2D eigenvalue weighted by Crippen LogP contribution is -2.39. The second-order valence-corrected chi connectivity index (χ2v) is 6.02. The second kappa shape index (κ2) is 8.56. The minimum atomic E-state index is -0.0799. The van der Waals surface area contributed by atoms with Crippen molar-refractivity contribution in [3.63, 3.8) is 0 Å². The summed E-state index contributed by atoms with van der Waals surface area (Å²) in [6.45, 7) is 1.89. The standard InChI is InChI=1S/C18H26N2O3/c1-14(21)20(16-9-6-10-17(13-16)23-2)12-11-18(22)19-15-7-4-3-5-8-15/h6,9-10,13,15H,3-5,7-8,11-12H2,1-2H3,(H,19,22). The van der Waals surface area contributed by atoms with Gasteiger partial charge in [0.25, 0.3) is 0 Å². The molecule has 126 valence electrons. The molecule has 2 amide bonds. The number of carbonyl (C=O) groups excluding carboxylic acids is 2. The Labute approximate surface area is 138 Å². The summed E-state index contributed by atoms with van der Waals surface area (Å²) in [5, 5.41) is 3.09. The molecule has 0 aromatic heterocycles. The van der Waals surface area contributed by atoms with Crippen molar-refractivity contribution in [2.45, 2.75) is 51.5 Å². The number of methoxy groups -OCH3 is 1. The summed E-state index contributed by atoms with van der Waals surface area (Å²) in [4.78, 5) is 25.6. The number of ether oxygens (including phenoxy) is 1. The lowest BCUT2D eigenvalue weighted by atomic mass is 9.95. The van der Waals surface area contributed by atoms with Gasteiger partial charge in [-0.2, -0.15) is 0 Å². The largest absolute Gasteiger partial charge is 0.497 e. The molecule has 0 heterocycles. The number of nitrogens with zero attached hydrogens (tertiary/aromatic N) is 1. The van der Waals surface area contributed by atoms with Crippen molar-refractivity contribution in [3.8, 4) is 5.75 Å². The second-order valence-electron chi connectivity index (χ2n) is 6.02. The van der Waals surface area contributed by atoms with Gasteiger partial charge in [0, 0.05) is 37.7 Å². The fourth-order valence-corrected chi connectivity index (χ4v) is 3.01. The van der Waals surface area contributed by atoms with Crippen LogP contribution in [0.4, 0.5) is 5.69 Å². The van der Waals surface area contributed by atoms with E-state index in [0.717, 1.165) is 18.5 Å². The van der Waals surface area contributed by atoms with E-state index in [1.54, 1.807) is 18.1 Å². The van der Waals surface area contributed by atoms with Gasteiger partial charge in [0.15, 0.2) is 0 Å². The number of carbonyl (C=O) groups is 2. The lowest BCUT2D eigenvalue weighted by Gasteiger charge is -2.24. The maximum absolute atomic E-state index is 12.1. The fraction of sp³-hybridized carbons (Fsp3) is 0.556. The first kappa shape index (κ1) is 17.3. The van der Waals surface area contributed by atoms with Crippen molar-refractivity contribution in [1.82, 2.24) is 5.32 Å². The van der Waals surface area contributed by atoms with Gasteiger partial charge < -0.3 is 15.0 Å². The smallest absolute Gasteiger partial charge is 0.223 e. The highest BCUT2D eigenvalue weighted by Gasteiger charge is 2.18. The van der Waals surface area contributed by atoms with Gasteiger partial charge in [-0.05, 0) is 25.0 Å². The Kier molecular flexibility index (Phi) is 6.44. The van der Waals surface area contributed by atoms with Crippen LogP contribution in [0.2, 0.25) is 0 Å². The fourth-order valence-electron chi connectivity index (χ4n) is 3.01. The van der Waals surface area contributed by atoms with Crippen LogP contribution in [0.3, 0.4) is 0 Å². The van der Waals surface area contributed by atoms with Gasteiger partial charge in [-0.1, -0.05) is 25.3 Å². The Morgan fingerprint density at radius 1 is 1.26 bits per heavy atom. The summed E-state index contributed by atoms with van der Waals surface area (Å²) in [5.41, 5.74) is 0.752. The molecule has 23 heavy (non-hydrogen) atoms. The van der Waals surface area contributed by atoms with Gasteiger partial charge in [0.05, 0.1) is 7.11 Å². The highest BCUT2D eigenvalue weighted by molar-refractivity contribution is 5.92. The van der Waals surface area contributed by atoms with Crippen molar-refractivity contribution in [2.24, 2.45) is 0 Å². The molecule has 1 saturated carbocycles. The van der Waals surface area contributed by atoms with Crippen LogP contribution in [0.5, 0.6) is 5.75 Å². The van der Waals surface area contributed by atoms with Crippen molar-refractivity contribution in [3.05, 3.63) is 24.3 Å². The zero-order valence-corrected chi connectivity index (χ0v) is 14.0. The third-order valence-electron chi connectivity index (χ3n) is 4.28. The number of amides is 2. The minimum Gasteiger partial charge on any atom is -0.497 e. The summed E-state index contributed by atoms with van der Waals surface area (Å²) in [6.07, 6.45) is 6.09. The van der Waals surface area contributed by atoms with Crippen LogP contribution < -0.4 is 15.0 Å². The van der Waals surface area contributed by atoms with E-state index in [-0.39, 0.29) is 11.8 Å². The molecule has 0 unspecified atom stereocenters. The monoisotopic (exact) mass is 318 g/mol. The molecular weight excluding hydrogens is 292 g/mol. The Hall–Kier alpha value is -2.04. The maximum atomic E-state index is 12.1. The molecule has 0 bridgehead atoms. The molecule has 0 atom stereocenters. The predicted octanol–water partition coefficient (Wildman–Crippen LogP) is 2.89. The molecule has 1 aliphatic carbocycles. The van der Waals surface area contributed by atoms with Gasteiger partial charge in [0.1, 0.15) is 5.75 Å². The topological polar surface area (TPSA) is 58.6 Å². The molecule has 1 fully saturated rings. The Bertz CT molecular complexity index is 539. The van der Waals surface area contributed by atoms with Crippen LogP contribution in [0, 0.1) is 0 Å². The first-order valence-electron chi connectivity index (χ1n) is 8.31. The molecule has 5 heteroatoms. The first-order valence-corrected chi connectivity index (χ1v) is 8.31. The number of anilines is 1. The van der Waals surface area contributed by atoms with Gasteiger partial charge in [-0.25, -0.2) is 0 Å². The van der Waals surface area contributed by atoms with Crippen LogP contribution in [0.1, 0.15) is 45.4 Å². The molecule has 0 radical (unpaired) electrons. The summed E-state index contributed by atoms with van der Waals surface area (Å²) >= 11 is 0. The molecule has 5 nitrogen and oxygen atoms in total. The lowest BCUT2D eigenvalue weighted by molar-refractivity contribution is -0.121. The van der Waals surface area contributed by atoms with E-state index in [4.69, 9.17) is 4.74 Å². The van der Waals surface area contributed by atoms with E-state index in [2.05, 4.69) is 5.32 Å². The summed E-state index contributed by atoms with van der Waals surface area (Å²) < 4.78 is 5.19. The SMILES string of the molecule is COc1cccc(N(CCC(=O)NC2CCCCC2)C(C)=O)c1. The highest BCUT2D eigenvalue weighted by atomic mass is 16.5. The Morgan fingerprint density at radius 3 is 2.65 bits per heavy atom. The van der Waals surface area contributed by atoms with E-state index in [9.17, 15) is 9.59 Å². The van der Waals surface area contributed by atoms with Crippen LogP contribution in [-0.4, -0.2) is 31.5 Å². The van der Waals surface area contributed by atoms with Crippen molar-refractivity contribution in [1.29, 1.82) is 0 Å². The number of rotatable bonds is 6. The highest BCUT2D eigenvalue weighted by Crippen LogP contribution is 2.21. The Morgan fingerprint density at radius 2 is 2.00 bits per heavy atom. The summed E-state index contributed by atoms with van der Waals surface area (Å²) in [5.74, 6) is 0.634. The summed E-state index contributed by atoms with van der Waals surface area (Å²) in [7, 11) is 1.59. The van der Waals surface area contributed by atoms with E-state index in [1.807, 2.05) is 18.2 Å². The quantitative estimate of drug-likeness (QED) is 0.877. The minimum absolute atomic E-state index is 0.0195. The average Bonchev–Trinajstić information content (AvgIpc) is 2.56. The molecule has 1 aromatic carbocycles. The molecule has 1 N–H and O–H groups in total. The third-order valence-corrected chi connectivity index (χ3v) is 4.28. The van der Waals surface area contributed by atoms with Crippen LogP contribution in [-0.2, 0) is 9.59 Å². The first-order chi connectivity index (χ1) is 11.1. The van der Waals surface area contributed by atoms with E-state index >= 15 is 0 Å². The number of nitrogens with one attached hydrogen (secondary N) is 1. The van der Waals surface area contributed by atoms with Gasteiger partial charge in [-0.15, -0.1) is 0 Å². The van der Waals surface area contributed by atoms with E-state index in [0.29, 0.717) is 24.8 Å². The maximum Gasteiger partial charge on any atom is 0.223 e. The molecule has 0 aliphatic heterocycles. The molecule has 2 rings (SSSR count). The normalized spacial score (nSPS) is 15.0. The van der Waals surface area contributed by atoms with E-state index in [1.165, 1.54) is 26.2 Å². The van der Waals surface area contributed by atoms with Crippen molar-refractivity contribution >= 4 is 17.5 Å². The zero-order valence-electron chi connectivity index (χ0n) is 14.0. The number of benzene rings is 1. The van der Waals surface area contributed by atoms with Crippen LogP contribution in [0.25, 0.3) is 0 Å². The molecule has 0 spiro atoms. The zero-order chi connectivity index (χ0) is 16.7. The van der Waals surface area contributed by atoms with Gasteiger partial charge in [0.2, 0.25) is 11.8 Å². The van der Waals surface area contributed by atoms with E-state index < -0.39 is 0 Å². The van der Waals surface area contributed by atoms with Crippen molar-refractivity contribution < 1.29 is 14.3 Å². The predicted molar refractivity (Wildman–Crippen MR) is 90.7 cm³/mol. The third kappa shape index (κ3) is 5.27. The van der Waals surface area contributed by atoms with Gasteiger partial charge >= 0.3 is 0 Å².